The molecule has 1 saturated carbocycles. The Morgan fingerprint density at radius 1 is 1.47 bits per heavy atom. The van der Waals surface area contributed by atoms with E-state index in [1.54, 1.807) is 0 Å². The fourth-order valence-corrected chi connectivity index (χ4v) is 3.18. The summed E-state index contributed by atoms with van der Waals surface area (Å²) in [5, 5.41) is 3.66. The molecule has 0 amide bonds. The number of nitrogens with one attached hydrogen (secondary N) is 1. The Kier molecular flexibility index (Phi) is 3.47. The lowest BCUT2D eigenvalue weighted by Gasteiger charge is -2.32. The molecule has 1 fully saturated rings. The lowest BCUT2D eigenvalue weighted by atomic mass is 9.80. The molecule has 1 nitrogen and oxygen atoms in total. The van der Waals surface area contributed by atoms with Crippen LogP contribution < -0.4 is 5.32 Å². The lowest BCUT2D eigenvalue weighted by molar-refractivity contribution is 0.240. The van der Waals surface area contributed by atoms with Gasteiger partial charge in [-0.1, -0.05) is 6.42 Å². The van der Waals surface area contributed by atoms with Crippen molar-refractivity contribution in [3.63, 3.8) is 0 Å². The highest BCUT2D eigenvalue weighted by Crippen LogP contribution is 2.29. The van der Waals surface area contributed by atoms with Crippen LogP contribution >= 0.6 is 11.3 Å². The van der Waals surface area contributed by atoms with Crippen molar-refractivity contribution in [2.45, 2.75) is 52.6 Å². The Labute approximate surface area is 96.9 Å². The summed E-state index contributed by atoms with van der Waals surface area (Å²) in [7, 11) is 0. The molecule has 1 aliphatic rings. The van der Waals surface area contributed by atoms with E-state index < -0.39 is 0 Å². The molecule has 0 aromatic carbocycles. The van der Waals surface area contributed by atoms with Crippen LogP contribution in [0.4, 0.5) is 0 Å². The molecule has 2 rings (SSSR count). The largest absolute Gasteiger partial charge is 0.310 e. The van der Waals surface area contributed by atoms with Crippen molar-refractivity contribution in [3.8, 4) is 0 Å². The molecule has 0 aliphatic heterocycles. The smallest absolute Gasteiger partial charge is 0.0219 e. The van der Waals surface area contributed by atoms with Crippen LogP contribution in [-0.2, 0) is 6.54 Å². The van der Waals surface area contributed by atoms with Gasteiger partial charge in [0.25, 0.3) is 0 Å². The number of thiophene rings is 1. The fraction of sp³-hybridized carbons (Fsp3) is 0.692. The average Bonchev–Trinajstić information content (AvgIpc) is 2.38. The molecule has 1 heterocycles. The van der Waals surface area contributed by atoms with Gasteiger partial charge in [-0.15, -0.1) is 11.3 Å². The first-order valence-corrected chi connectivity index (χ1v) is 6.78. The molecule has 1 aromatic heterocycles. The molecule has 1 aliphatic carbocycles. The summed E-state index contributed by atoms with van der Waals surface area (Å²) in [6.07, 6.45) is 4.29. The van der Waals surface area contributed by atoms with Crippen LogP contribution in [0.3, 0.4) is 0 Å². The van der Waals surface area contributed by atoms with Crippen LogP contribution in [-0.4, -0.2) is 6.04 Å². The lowest BCUT2D eigenvalue weighted by Crippen LogP contribution is -2.36. The van der Waals surface area contributed by atoms with E-state index in [4.69, 9.17) is 0 Å². The Morgan fingerprint density at radius 2 is 2.20 bits per heavy atom. The van der Waals surface area contributed by atoms with E-state index in [0.717, 1.165) is 12.5 Å². The van der Waals surface area contributed by atoms with E-state index >= 15 is 0 Å². The number of rotatable bonds is 4. The first-order chi connectivity index (χ1) is 7.16. The van der Waals surface area contributed by atoms with Gasteiger partial charge in [-0.05, 0) is 51.2 Å². The average molecular weight is 223 g/mol. The van der Waals surface area contributed by atoms with E-state index in [0.29, 0.717) is 6.04 Å². The van der Waals surface area contributed by atoms with Crippen molar-refractivity contribution >= 4 is 11.3 Å². The van der Waals surface area contributed by atoms with Gasteiger partial charge in [-0.2, -0.15) is 0 Å². The molecule has 2 heteroatoms. The summed E-state index contributed by atoms with van der Waals surface area (Å²) in [6, 6.07) is 3.01. The van der Waals surface area contributed by atoms with Crippen molar-refractivity contribution in [3.05, 3.63) is 21.4 Å². The summed E-state index contributed by atoms with van der Waals surface area (Å²) < 4.78 is 0. The summed E-state index contributed by atoms with van der Waals surface area (Å²) in [5.41, 5.74) is 1.49. The maximum atomic E-state index is 3.66. The first-order valence-electron chi connectivity index (χ1n) is 5.96. The third-order valence-electron chi connectivity index (χ3n) is 3.62. The van der Waals surface area contributed by atoms with E-state index in [1.807, 2.05) is 11.3 Å². The zero-order valence-corrected chi connectivity index (χ0v) is 10.8. The molecular weight excluding hydrogens is 202 g/mol. The summed E-state index contributed by atoms with van der Waals surface area (Å²) in [4.78, 5) is 2.90. The second-order valence-corrected chi connectivity index (χ2v) is 6.26. The normalized spacial score (nSPS) is 18.9. The van der Waals surface area contributed by atoms with Crippen molar-refractivity contribution in [2.75, 3.05) is 0 Å². The maximum Gasteiger partial charge on any atom is 0.0219 e. The molecule has 0 radical (unpaired) electrons. The van der Waals surface area contributed by atoms with E-state index in [2.05, 4.69) is 32.2 Å². The van der Waals surface area contributed by atoms with Crippen LogP contribution in [0, 0.1) is 19.8 Å². The predicted molar refractivity (Wildman–Crippen MR) is 67.4 cm³/mol. The van der Waals surface area contributed by atoms with Crippen molar-refractivity contribution in [1.82, 2.24) is 5.32 Å². The standard InChI is InChI=1S/C13H21NS/c1-9-7-13(11(3)15-9)8-14-10(2)12-5-4-6-12/h7,10,12,14H,4-6,8H2,1-3H3. The molecule has 15 heavy (non-hydrogen) atoms. The Balaban J connectivity index is 1.84. The summed E-state index contributed by atoms with van der Waals surface area (Å²) in [6.45, 7) is 7.80. The number of hydrogen-bond acceptors (Lipinski definition) is 2. The Morgan fingerprint density at radius 3 is 2.67 bits per heavy atom. The zero-order valence-electron chi connectivity index (χ0n) is 9.97. The number of hydrogen-bond donors (Lipinski definition) is 1. The molecule has 0 spiro atoms. The van der Waals surface area contributed by atoms with Crippen molar-refractivity contribution in [1.29, 1.82) is 0 Å². The highest BCUT2D eigenvalue weighted by atomic mass is 32.1. The highest BCUT2D eigenvalue weighted by molar-refractivity contribution is 7.12. The van der Waals surface area contributed by atoms with Crippen molar-refractivity contribution < 1.29 is 0 Å². The van der Waals surface area contributed by atoms with E-state index in [9.17, 15) is 0 Å². The number of aryl methyl sites for hydroxylation is 2. The molecule has 0 saturated heterocycles. The van der Waals surface area contributed by atoms with Gasteiger partial charge in [0.1, 0.15) is 0 Å². The van der Waals surface area contributed by atoms with Gasteiger partial charge in [0, 0.05) is 22.3 Å². The van der Waals surface area contributed by atoms with Gasteiger partial charge < -0.3 is 5.32 Å². The Bertz CT molecular complexity index is 325. The SMILES string of the molecule is Cc1cc(CNC(C)C2CCC2)c(C)s1. The molecule has 1 N–H and O–H groups in total. The molecule has 1 atom stereocenters. The van der Waals surface area contributed by atoms with Gasteiger partial charge in [-0.3, -0.25) is 0 Å². The Hall–Kier alpha value is -0.340. The first kappa shape index (κ1) is 11.2. The van der Waals surface area contributed by atoms with Crippen LogP contribution in [0.25, 0.3) is 0 Å². The van der Waals surface area contributed by atoms with Gasteiger partial charge >= 0.3 is 0 Å². The van der Waals surface area contributed by atoms with Gasteiger partial charge in [0.15, 0.2) is 0 Å². The summed E-state index contributed by atoms with van der Waals surface area (Å²) in [5.74, 6) is 0.935. The van der Waals surface area contributed by atoms with E-state index in [1.165, 1.54) is 34.6 Å². The second kappa shape index (κ2) is 4.67. The minimum atomic E-state index is 0.693. The molecule has 84 valence electrons. The van der Waals surface area contributed by atoms with Crippen LogP contribution in [0.1, 0.15) is 41.5 Å². The second-order valence-electron chi connectivity index (χ2n) is 4.80. The molecular formula is C13H21NS. The van der Waals surface area contributed by atoms with Crippen LogP contribution in [0.5, 0.6) is 0 Å². The van der Waals surface area contributed by atoms with Gasteiger partial charge in [0.2, 0.25) is 0 Å². The minimum absolute atomic E-state index is 0.693. The topological polar surface area (TPSA) is 12.0 Å². The predicted octanol–water partition coefficient (Wildman–Crippen LogP) is 3.64. The molecule has 1 unspecified atom stereocenters. The minimum Gasteiger partial charge on any atom is -0.310 e. The zero-order chi connectivity index (χ0) is 10.8. The van der Waals surface area contributed by atoms with Gasteiger partial charge in [0.05, 0.1) is 0 Å². The third-order valence-corrected chi connectivity index (χ3v) is 4.62. The monoisotopic (exact) mass is 223 g/mol. The molecule has 1 aromatic rings. The molecule has 0 bridgehead atoms. The summed E-state index contributed by atoms with van der Waals surface area (Å²) >= 11 is 1.91. The van der Waals surface area contributed by atoms with Crippen molar-refractivity contribution in [2.24, 2.45) is 5.92 Å². The van der Waals surface area contributed by atoms with E-state index in [-0.39, 0.29) is 0 Å². The van der Waals surface area contributed by atoms with Gasteiger partial charge in [-0.25, -0.2) is 0 Å². The highest BCUT2D eigenvalue weighted by Gasteiger charge is 2.23. The third kappa shape index (κ3) is 2.61. The van der Waals surface area contributed by atoms with Crippen LogP contribution in [0.15, 0.2) is 6.07 Å². The van der Waals surface area contributed by atoms with Crippen LogP contribution in [0.2, 0.25) is 0 Å². The fourth-order valence-electron chi connectivity index (χ4n) is 2.24. The quantitative estimate of drug-likeness (QED) is 0.821. The maximum absolute atomic E-state index is 3.66.